The molecule has 0 aromatic carbocycles. The Balaban J connectivity index is 4.32. The normalized spacial score (nSPS) is 12.0. The maximum atomic E-state index is 2.36. The molecule has 0 aliphatic heterocycles. The van der Waals surface area contributed by atoms with Crippen LogP contribution in [0.15, 0.2) is 0 Å². The molecule has 0 rings (SSSR count). The summed E-state index contributed by atoms with van der Waals surface area (Å²) in [4.78, 5) is 0. The third kappa shape index (κ3) is 13.3. The van der Waals surface area contributed by atoms with Gasteiger partial charge >= 0.3 is 0 Å². The first-order valence-corrected chi connectivity index (χ1v) is 11.6. The third-order valence-electron chi connectivity index (χ3n) is 5.69. The molecular weight excluding hydrogens is 290 g/mol. The van der Waals surface area contributed by atoms with Crippen LogP contribution in [0.25, 0.3) is 0 Å². The van der Waals surface area contributed by atoms with Gasteiger partial charge in [0, 0.05) is 0 Å². The van der Waals surface area contributed by atoms with Gasteiger partial charge < -0.3 is 4.48 Å². The van der Waals surface area contributed by atoms with Crippen molar-refractivity contribution >= 4 is 0 Å². The Morgan fingerprint density at radius 1 is 0.333 bits per heavy atom. The van der Waals surface area contributed by atoms with Crippen molar-refractivity contribution in [1.29, 1.82) is 0 Å². The van der Waals surface area contributed by atoms with Crippen LogP contribution in [0.2, 0.25) is 0 Å². The van der Waals surface area contributed by atoms with E-state index in [0.29, 0.717) is 0 Å². The Labute approximate surface area is 155 Å². The summed E-state index contributed by atoms with van der Waals surface area (Å²) in [7, 11) is 0. The second-order valence-corrected chi connectivity index (χ2v) is 8.13. The Kier molecular flexibility index (Phi) is 17.7. The van der Waals surface area contributed by atoms with Crippen LogP contribution in [0.5, 0.6) is 0 Å². The van der Waals surface area contributed by atoms with Crippen LogP contribution >= 0.6 is 0 Å². The number of quaternary nitrogens is 1. The average molecular weight is 341 g/mol. The zero-order valence-electron chi connectivity index (χ0n) is 17.9. The number of hydrogen-bond donors (Lipinski definition) is 0. The van der Waals surface area contributed by atoms with Gasteiger partial charge in [0.15, 0.2) is 0 Å². The summed E-state index contributed by atoms with van der Waals surface area (Å²) in [5.74, 6) is 0. The molecule has 1 heteroatoms. The highest BCUT2D eigenvalue weighted by atomic mass is 15.3. The Morgan fingerprint density at radius 2 is 0.625 bits per heavy atom. The van der Waals surface area contributed by atoms with Crippen LogP contribution in [0.3, 0.4) is 0 Å². The fourth-order valence-corrected chi connectivity index (χ4v) is 3.94. The van der Waals surface area contributed by atoms with Crippen LogP contribution in [0.4, 0.5) is 0 Å². The minimum atomic E-state index is 1.36. The molecule has 0 amide bonds. The van der Waals surface area contributed by atoms with E-state index >= 15 is 0 Å². The first-order chi connectivity index (χ1) is 11.7. The van der Waals surface area contributed by atoms with Crippen LogP contribution in [0, 0.1) is 0 Å². The minimum absolute atomic E-state index is 1.36. The molecule has 0 unspecified atom stereocenters. The molecular formula is C23H50N+. The Hall–Kier alpha value is -0.0400. The SMILES string of the molecule is CCCCCCCCC[N+](CCCC)(CCCC)CCCCCC. The highest BCUT2D eigenvalue weighted by Crippen LogP contribution is 2.18. The molecule has 0 bridgehead atoms. The molecule has 0 heterocycles. The predicted octanol–water partition coefficient (Wildman–Crippen LogP) is 7.73. The maximum absolute atomic E-state index is 2.36. The molecule has 0 aromatic heterocycles. The van der Waals surface area contributed by atoms with Crippen molar-refractivity contribution in [3.05, 3.63) is 0 Å². The van der Waals surface area contributed by atoms with Gasteiger partial charge in [0.1, 0.15) is 0 Å². The molecule has 0 saturated carbocycles. The molecule has 0 aliphatic rings. The van der Waals surface area contributed by atoms with Gasteiger partial charge in [-0.05, 0) is 38.5 Å². The monoisotopic (exact) mass is 340 g/mol. The summed E-state index contributed by atoms with van der Waals surface area (Å²) in [6.07, 6.45) is 21.4. The quantitative estimate of drug-likeness (QED) is 0.167. The Bertz CT molecular complexity index is 228. The van der Waals surface area contributed by atoms with E-state index in [0.717, 1.165) is 0 Å². The summed E-state index contributed by atoms with van der Waals surface area (Å²) < 4.78 is 1.44. The van der Waals surface area contributed by atoms with Crippen molar-refractivity contribution in [2.45, 2.75) is 124 Å². The molecule has 1 nitrogen and oxygen atoms in total. The topological polar surface area (TPSA) is 0 Å². The van der Waals surface area contributed by atoms with E-state index in [1.165, 1.54) is 127 Å². The fraction of sp³-hybridized carbons (Fsp3) is 1.00. The molecule has 0 aliphatic carbocycles. The van der Waals surface area contributed by atoms with E-state index in [9.17, 15) is 0 Å². The third-order valence-corrected chi connectivity index (χ3v) is 5.69. The summed E-state index contributed by atoms with van der Waals surface area (Å²) in [5, 5.41) is 0. The van der Waals surface area contributed by atoms with E-state index < -0.39 is 0 Å². The second kappa shape index (κ2) is 17.8. The lowest BCUT2D eigenvalue weighted by Crippen LogP contribution is -2.50. The molecule has 146 valence electrons. The fourth-order valence-electron chi connectivity index (χ4n) is 3.94. The lowest BCUT2D eigenvalue weighted by molar-refractivity contribution is -0.929. The first-order valence-electron chi connectivity index (χ1n) is 11.6. The van der Waals surface area contributed by atoms with Gasteiger partial charge in [0.2, 0.25) is 0 Å². The molecule has 0 N–H and O–H groups in total. The zero-order chi connectivity index (χ0) is 17.9. The van der Waals surface area contributed by atoms with Gasteiger partial charge in [-0.2, -0.15) is 0 Å². The predicted molar refractivity (Wildman–Crippen MR) is 112 cm³/mol. The molecule has 0 fully saturated rings. The first kappa shape index (κ1) is 24.0. The van der Waals surface area contributed by atoms with E-state index in [1.54, 1.807) is 0 Å². The summed E-state index contributed by atoms with van der Waals surface area (Å²) in [6, 6.07) is 0. The summed E-state index contributed by atoms with van der Waals surface area (Å²) >= 11 is 0. The van der Waals surface area contributed by atoms with Gasteiger partial charge in [0.05, 0.1) is 26.2 Å². The second-order valence-electron chi connectivity index (χ2n) is 8.13. The standard InChI is InChI=1S/C23H50N/c1-5-9-13-15-16-17-19-23-24(20-11-7-3,21-12-8-4)22-18-14-10-6-2/h5-23H2,1-4H3/q+1. The van der Waals surface area contributed by atoms with E-state index in [-0.39, 0.29) is 0 Å². The van der Waals surface area contributed by atoms with E-state index in [4.69, 9.17) is 0 Å². The molecule has 24 heavy (non-hydrogen) atoms. The largest absolute Gasteiger partial charge is 0.324 e. The van der Waals surface area contributed by atoms with Crippen molar-refractivity contribution in [2.75, 3.05) is 26.2 Å². The van der Waals surface area contributed by atoms with Crippen molar-refractivity contribution < 1.29 is 4.48 Å². The summed E-state index contributed by atoms with van der Waals surface area (Å²) in [6.45, 7) is 15.2. The van der Waals surface area contributed by atoms with Crippen LogP contribution < -0.4 is 0 Å². The van der Waals surface area contributed by atoms with Gasteiger partial charge in [-0.25, -0.2) is 0 Å². The van der Waals surface area contributed by atoms with Crippen LogP contribution in [0.1, 0.15) is 124 Å². The number of unbranched alkanes of at least 4 members (excludes halogenated alkanes) is 11. The smallest absolute Gasteiger partial charge is 0.0786 e. The molecule has 0 radical (unpaired) electrons. The number of hydrogen-bond acceptors (Lipinski definition) is 0. The van der Waals surface area contributed by atoms with Crippen molar-refractivity contribution in [2.24, 2.45) is 0 Å². The molecule has 0 atom stereocenters. The van der Waals surface area contributed by atoms with Gasteiger partial charge in [-0.15, -0.1) is 0 Å². The van der Waals surface area contributed by atoms with Crippen molar-refractivity contribution in [1.82, 2.24) is 0 Å². The van der Waals surface area contributed by atoms with Gasteiger partial charge in [0.25, 0.3) is 0 Å². The lowest BCUT2D eigenvalue weighted by Gasteiger charge is -2.39. The molecule has 0 saturated heterocycles. The average Bonchev–Trinajstić information content (AvgIpc) is 2.60. The van der Waals surface area contributed by atoms with Gasteiger partial charge in [-0.1, -0.05) is 85.5 Å². The van der Waals surface area contributed by atoms with E-state index in [1.807, 2.05) is 0 Å². The van der Waals surface area contributed by atoms with Gasteiger partial charge in [-0.3, -0.25) is 0 Å². The van der Waals surface area contributed by atoms with Crippen LogP contribution in [-0.2, 0) is 0 Å². The zero-order valence-corrected chi connectivity index (χ0v) is 17.9. The van der Waals surface area contributed by atoms with Crippen molar-refractivity contribution in [3.63, 3.8) is 0 Å². The minimum Gasteiger partial charge on any atom is -0.324 e. The van der Waals surface area contributed by atoms with Crippen molar-refractivity contribution in [3.8, 4) is 0 Å². The molecule has 0 spiro atoms. The highest BCUT2D eigenvalue weighted by Gasteiger charge is 2.25. The number of rotatable bonds is 19. The Morgan fingerprint density at radius 3 is 1.04 bits per heavy atom. The molecule has 0 aromatic rings. The van der Waals surface area contributed by atoms with E-state index in [2.05, 4.69) is 27.7 Å². The summed E-state index contributed by atoms with van der Waals surface area (Å²) in [5.41, 5.74) is 0. The lowest BCUT2D eigenvalue weighted by atomic mass is 10.1. The van der Waals surface area contributed by atoms with Crippen LogP contribution in [-0.4, -0.2) is 30.7 Å². The highest BCUT2D eigenvalue weighted by molar-refractivity contribution is 4.52. The number of nitrogens with zero attached hydrogens (tertiary/aromatic N) is 1. The maximum Gasteiger partial charge on any atom is 0.0786 e.